The van der Waals surface area contributed by atoms with Gasteiger partial charge in [0.05, 0.1) is 6.10 Å². The molecule has 0 spiro atoms. The van der Waals surface area contributed by atoms with Gasteiger partial charge in [-0.25, -0.2) is 9.59 Å². The zero-order chi connectivity index (χ0) is 26.8. The van der Waals surface area contributed by atoms with E-state index in [1.165, 1.54) is 6.92 Å². The molecule has 0 unspecified atom stereocenters. The van der Waals surface area contributed by atoms with Gasteiger partial charge in [-0.15, -0.1) is 0 Å². The summed E-state index contributed by atoms with van der Waals surface area (Å²) >= 11 is 0. The van der Waals surface area contributed by atoms with Crippen LogP contribution in [0.1, 0.15) is 34.0 Å². The predicted octanol–water partition coefficient (Wildman–Crippen LogP) is 2.71. The summed E-state index contributed by atoms with van der Waals surface area (Å²) in [4.78, 5) is 49.3. The van der Waals surface area contributed by atoms with Gasteiger partial charge < -0.3 is 25.6 Å². The Morgan fingerprint density at radius 1 is 0.784 bits per heavy atom. The molecule has 37 heavy (non-hydrogen) atoms. The van der Waals surface area contributed by atoms with Crippen molar-refractivity contribution in [2.75, 3.05) is 0 Å². The van der Waals surface area contributed by atoms with Gasteiger partial charge in [0, 0.05) is 17.5 Å². The van der Waals surface area contributed by atoms with E-state index in [0.717, 1.165) is 5.56 Å². The van der Waals surface area contributed by atoms with E-state index in [1.54, 1.807) is 72.8 Å². The smallest absolute Gasteiger partial charge is 0.408 e. The van der Waals surface area contributed by atoms with E-state index in [-0.39, 0.29) is 18.8 Å². The first-order valence-corrected chi connectivity index (χ1v) is 11.6. The molecule has 9 nitrogen and oxygen atoms in total. The zero-order valence-corrected chi connectivity index (χ0v) is 20.2. The highest BCUT2D eigenvalue weighted by Crippen LogP contribution is 2.13. The molecule has 9 heteroatoms. The molecule has 0 aliphatic rings. The molecule has 3 atom stereocenters. The minimum Gasteiger partial charge on any atom is -0.480 e. The fraction of sp³-hybridized carbons (Fsp3) is 0.214. The number of ketones is 1. The van der Waals surface area contributed by atoms with Crippen LogP contribution < -0.4 is 10.6 Å². The summed E-state index contributed by atoms with van der Waals surface area (Å²) in [5.74, 6) is -2.34. The second kappa shape index (κ2) is 13.0. The molecule has 0 aromatic heterocycles. The number of alkyl carbamates (subject to hydrolysis) is 1. The fourth-order valence-corrected chi connectivity index (χ4v) is 3.54. The van der Waals surface area contributed by atoms with Gasteiger partial charge in [-0.3, -0.25) is 9.59 Å². The van der Waals surface area contributed by atoms with Crippen molar-refractivity contribution in [1.29, 1.82) is 0 Å². The first kappa shape index (κ1) is 27.1. The van der Waals surface area contributed by atoms with Crippen molar-refractivity contribution in [2.24, 2.45) is 0 Å². The maximum atomic E-state index is 12.8. The van der Waals surface area contributed by atoms with Crippen LogP contribution in [0.3, 0.4) is 0 Å². The molecule has 192 valence electrons. The highest BCUT2D eigenvalue weighted by atomic mass is 16.5. The van der Waals surface area contributed by atoms with Crippen molar-refractivity contribution < 1.29 is 34.1 Å². The van der Waals surface area contributed by atoms with Gasteiger partial charge >= 0.3 is 12.1 Å². The molecule has 0 aliphatic heterocycles. The van der Waals surface area contributed by atoms with Gasteiger partial charge in [-0.2, -0.15) is 0 Å². The van der Waals surface area contributed by atoms with Crippen LogP contribution in [0.25, 0.3) is 0 Å². The Morgan fingerprint density at radius 3 is 1.92 bits per heavy atom. The number of aliphatic hydroxyl groups is 1. The molecule has 0 heterocycles. The van der Waals surface area contributed by atoms with Crippen molar-refractivity contribution >= 4 is 23.8 Å². The first-order chi connectivity index (χ1) is 17.7. The highest BCUT2D eigenvalue weighted by molar-refractivity contribution is 6.08. The van der Waals surface area contributed by atoms with Crippen molar-refractivity contribution in [3.05, 3.63) is 107 Å². The number of rotatable bonds is 11. The maximum Gasteiger partial charge on any atom is 0.408 e. The topological polar surface area (TPSA) is 142 Å². The van der Waals surface area contributed by atoms with Gasteiger partial charge in [0.25, 0.3) is 0 Å². The molecule has 0 aliphatic carbocycles. The van der Waals surface area contributed by atoms with E-state index < -0.39 is 36.2 Å². The summed E-state index contributed by atoms with van der Waals surface area (Å²) in [5.41, 5.74) is 2.28. The van der Waals surface area contributed by atoms with E-state index in [1.807, 2.05) is 12.1 Å². The quantitative estimate of drug-likeness (QED) is 0.294. The third-order valence-corrected chi connectivity index (χ3v) is 5.56. The van der Waals surface area contributed by atoms with Gasteiger partial charge in [0.1, 0.15) is 18.7 Å². The summed E-state index contributed by atoms with van der Waals surface area (Å²) in [6.45, 7) is 1.25. The summed E-state index contributed by atoms with van der Waals surface area (Å²) in [7, 11) is 0. The minimum absolute atomic E-state index is 0.0403. The van der Waals surface area contributed by atoms with Crippen LogP contribution in [-0.2, 0) is 27.4 Å². The number of aliphatic hydroxyl groups excluding tert-OH is 1. The Bertz CT molecular complexity index is 1210. The summed E-state index contributed by atoms with van der Waals surface area (Å²) < 4.78 is 5.08. The van der Waals surface area contributed by atoms with E-state index in [0.29, 0.717) is 16.7 Å². The van der Waals surface area contributed by atoms with Crippen molar-refractivity contribution in [1.82, 2.24) is 10.6 Å². The Morgan fingerprint density at radius 2 is 1.35 bits per heavy atom. The second-order valence-corrected chi connectivity index (χ2v) is 8.42. The largest absolute Gasteiger partial charge is 0.480 e. The van der Waals surface area contributed by atoms with Crippen LogP contribution in [-0.4, -0.2) is 52.2 Å². The van der Waals surface area contributed by atoms with Gasteiger partial charge in [0.15, 0.2) is 5.78 Å². The predicted molar refractivity (Wildman–Crippen MR) is 135 cm³/mol. The van der Waals surface area contributed by atoms with Crippen molar-refractivity contribution in [2.45, 2.75) is 38.1 Å². The molecule has 0 fully saturated rings. The van der Waals surface area contributed by atoms with Crippen molar-refractivity contribution in [3.63, 3.8) is 0 Å². The number of nitrogens with one attached hydrogen (secondary N) is 2. The molecular weight excluding hydrogens is 476 g/mol. The monoisotopic (exact) mass is 504 g/mol. The lowest BCUT2D eigenvalue weighted by atomic mass is 9.99. The number of aliphatic carboxylic acids is 1. The van der Waals surface area contributed by atoms with Gasteiger partial charge in [-0.1, -0.05) is 84.9 Å². The summed E-state index contributed by atoms with van der Waals surface area (Å²) in [6, 6.07) is 21.3. The van der Waals surface area contributed by atoms with E-state index >= 15 is 0 Å². The molecule has 2 amide bonds. The van der Waals surface area contributed by atoms with E-state index in [4.69, 9.17) is 4.74 Å². The molecule has 4 N–H and O–H groups in total. The van der Waals surface area contributed by atoms with Gasteiger partial charge in [0.2, 0.25) is 5.91 Å². The van der Waals surface area contributed by atoms with Crippen LogP contribution >= 0.6 is 0 Å². The number of amides is 2. The Labute approximate surface area is 214 Å². The Balaban J connectivity index is 1.60. The average molecular weight is 505 g/mol. The molecule has 3 aromatic carbocycles. The molecular formula is C28H28N2O7. The van der Waals surface area contributed by atoms with E-state index in [2.05, 4.69) is 10.6 Å². The van der Waals surface area contributed by atoms with Crippen LogP contribution in [0, 0.1) is 0 Å². The average Bonchev–Trinajstić information content (AvgIpc) is 2.91. The molecule has 3 rings (SSSR count). The number of benzene rings is 3. The molecule has 0 saturated carbocycles. The molecule has 0 saturated heterocycles. The fourth-order valence-electron chi connectivity index (χ4n) is 3.54. The number of hydrogen-bond donors (Lipinski definition) is 4. The zero-order valence-electron chi connectivity index (χ0n) is 20.2. The number of carbonyl (C=O) groups is 4. The minimum atomic E-state index is -1.43. The van der Waals surface area contributed by atoms with Gasteiger partial charge in [-0.05, 0) is 18.1 Å². The Kier molecular flexibility index (Phi) is 9.51. The molecule has 0 radical (unpaired) electrons. The van der Waals surface area contributed by atoms with Crippen molar-refractivity contribution in [3.8, 4) is 0 Å². The van der Waals surface area contributed by atoms with Crippen LogP contribution in [0.15, 0.2) is 84.9 Å². The molecule has 3 aromatic rings. The highest BCUT2D eigenvalue weighted by Gasteiger charge is 2.30. The first-order valence-electron chi connectivity index (χ1n) is 11.6. The SMILES string of the molecule is C[C@@H](O)[C@H](NC(=O)OCc1ccccc1)C(=O)N[C@@H](Cc1ccc(C(=O)c2ccccc2)cc1)C(=O)O. The van der Waals surface area contributed by atoms with E-state index in [9.17, 15) is 29.4 Å². The van der Waals surface area contributed by atoms with Crippen LogP contribution in [0.4, 0.5) is 4.79 Å². The number of ether oxygens (including phenoxy) is 1. The van der Waals surface area contributed by atoms with Crippen LogP contribution in [0.2, 0.25) is 0 Å². The third-order valence-electron chi connectivity index (χ3n) is 5.56. The number of carboxylic acid groups (broad SMARTS) is 1. The van der Waals surface area contributed by atoms with Crippen LogP contribution in [0.5, 0.6) is 0 Å². The lowest BCUT2D eigenvalue weighted by molar-refractivity contribution is -0.142. The standard InChI is InChI=1S/C28H28N2O7/c1-18(31)24(30-28(36)37-17-20-8-4-2-5-9-20)26(33)29-23(27(34)35)16-19-12-14-22(15-13-19)25(32)21-10-6-3-7-11-21/h2-15,18,23-24,31H,16-17H2,1H3,(H,29,33)(H,30,36)(H,34,35)/t18-,23+,24+/m1/s1. The normalized spacial score (nSPS) is 13.0. The lowest BCUT2D eigenvalue weighted by Crippen LogP contribution is -2.56. The summed E-state index contributed by atoms with van der Waals surface area (Å²) in [6.07, 6.45) is -2.33. The maximum absolute atomic E-state index is 12.8. The number of carboxylic acids is 1. The number of hydrogen-bond acceptors (Lipinski definition) is 6. The summed E-state index contributed by atoms with van der Waals surface area (Å²) in [5, 5.41) is 24.3. The lowest BCUT2D eigenvalue weighted by Gasteiger charge is -2.23. The number of carbonyl (C=O) groups excluding carboxylic acids is 3. The molecule has 0 bridgehead atoms. The Hall–Kier alpha value is -4.50. The third kappa shape index (κ3) is 8.01. The second-order valence-electron chi connectivity index (χ2n) is 8.42.